The first-order valence-corrected chi connectivity index (χ1v) is 9.95. The number of rotatable bonds is 7. The first-order valence-electron chi connectivity index (χ1n) is 9.07. The number of hydrogen-bond acceptors (Lipinski definition) is 10. The second-order valence-electron chi connectivity index (χ2n) is 6.92. The molecule has 0 fully saturated rings. The van der Waals surface area contributed by atoms with Gasteiger partial charge in [0.15, 0.2) is 11.0 Å². The number of carboxylic acid groups (broad SMARTS) is 1. The Kier molecular flexibility index (Phi) is 5.46. The number of para-hydroxylation sites is 1. The second kappa shape index (κ2) is 8.20. The average molecular weight is 428 g/mol. The molecule has 0 unspecified atom stereocenters. The molecule has 13 heteroatoms. The molecule has 1 aliphatic rings. The number of Topliss-reactive ketones (excluding diaryl/α,β-unsaturated/α-hetero) is 1. The third-order valence-electron chi connectivity index (χ3n) is 4.78. The third kappa shape index (κ3) is 4.16. The molecule has 0 saturated carbocycles. The van der Waals surface area contributed by atoms with Crippen LogP contribution in [0.5, 0.6) is 5.75 Å². The molecule has 11 nitrogen and oxygen atoms in total. The Hall–Kier alpha value is -3.32. The lowest BCUT2D eigenvalue weighted by atomic mass is 9.64. The van der Waals surface area contributed by atoms with E-state index in [2.05, 4.69) is 20.5 Å². The quantitative estimate of drug-likeness (QED) is 0.450. The summed E-state index contributed by atoms with van der Waals surface area (Å²) in [6.07, 6.45) is 0.346. The highest BCUT2D eigenvalue weighted by molar-refractivity contribution is 7.13. The van der Waals surface area contributed by atoms with Crippen molar-refractivity contribution in [3.05, 3.63) is 46.2 Å². The largest absolute Gasteiger partial charge is 0.535 e. The van der Waals surface area contributed by atoms with Gasteiger partial charge in [0.25, 0.3) is 0 Å². The zero-order valence-electron chi connectivity index (χ0n) is 15.6. The van der Waals surface area contributed by atoms with E-state index in [9.17, 15) is 19.7 Å². The van der Waals surface area contributed by atoms with Crippen molar-refractivity contribution in [2.75, 3.05) is 5.73 Å². The highest BCUT2D eigenvalue weighted by atomic mass is 32.1. The minimum absolute atomic E-state index is 0.0156. The lowest BCUT2D eigenvalue weighted by Gasteiger charge is -2.27. The minimum Gasteiger partial charge on any atom is -0.535 e. The van der Waals surface area contributed by atoms with E-state index in [1.807, 2.05) is 0 Å². The van der Waals surface area contributed by atoms with Gasteiger partial charge in [-0.1, -0.05) is 12.1 Å². The third-order valence-corrected chi connectivity index (χ3v) is 5.51. The Morgan fingerprint density at radius 2 is 2.23 bits per heavy atom. The number of ketones is 1. The molecule has 1 aliphatic heterocycles. The molecule has 0 radical (unpaired) electrons. The summed E-state index contributed by atoms with van der Waals surface area (Å²) < 4.78 is 6.92. The van der Waals surface area contributed by atoms with E-state index >= 15 is 0 Å². The van der Waals surface area contributed by atoms with Crippen LogP contribution in [0, 0.1) is 0 Å². The van der Waals surface area contributed by atoms with Gasteiger partial charge in [-0.3, -0.25) is 4.79 Å². The number of tetrazole rings is 1. The van der Waals surface area contributed by atoms with E-state index < -0.39 is 18.9 Å². The summed E-state index contributed by atoms with van der Waals surface area (Å²) in [5.41, 5.74) is 6.95. The summed E-state index contributed by atoms with van der Waals surface area (Å²) in [7, 11) is -1.28. The number of nitrogens with two attached hydrogens (primary N) is 1. The molecule has 3 heterocycles. The molecular formula is C17H17BN6O5S. The van der Waals surface area contributed by atoms with Crippen LogP contribution in [0.2, 0.25) is 5.82 Å². The lowest BCUT2D eigenvalue weighted by molar-refractivity contribution is -0.118. The molecule has 0 bridgehead atoms. The van der Waals surface area contributed by atoms with Gasteiger partial charge in [0, 0.05) is 17.6 Å². The molecule has 1 atom stereocenters. The maximum Gasteiger partial charge on any atom is 0.526 e. The number of nitrogen functional groups attached to an aromatic ring is 1. The number of carboxylic acids is 1. The summed E-state index contributed by atoms with van der Waals surface area (Å²) in [5, 5.41) is 33.2. The fourth-order valence-corrected chi connectivity index (χ4v) is 3.94. The standard InChI is InChI=1S/C17H17BN6O5S/c19-17-20-11(8-30-17)7-24-14(21-22-23-24)6-12(25)5-10-4-9-2-1-3-13(16(26)27)15(9)29-18(10)28/h1-3,8,10,28H,4-7H2,(H2,19,20)(H,26,27)/t10-/m1/s1. The van der Waals surface area contributed by atoms with Crippen molar-refractivity contribution < 1.29 is 24.4 Å². The predicted octanol–water partition coefficient (Wildman–Crippen LogP) is 0.446. The number of hydrogen-bond donors (Lipinski definition) is 3. The maximum absolute atomic E-state index is 12.6. The number of carbonyl (C=O) groups excluding carboxylic acids is 1. The molecule has 0 amide bonds. The Balaban J connectivity index is 1.42. The minimum atomic E-state index is -1.28. The van der Waals surface area contributed by atoms with E-state index in [1.54, 1.807) is 17.5 Å². The number of carbonyl (C=O) groups is 2. The fourth-order valence-electron chi connectivity index (χ4n) is 3.39. The number of anilines is 1. The van der Waals surface area contributed by atoms with Crippen LogP contribution in [0.1, 0.15) is 33.9 Å². The van der Waals surface area contributed by atoms with Gasteiger partial charge < -0.3 is 20.5 Å². The van der Waals surface area contributed by atoms with Crippen LogP contribution in [0.15, 0.2) is 23.6 Å². The second-order valence-corrected chi connectivity index (χ2v) is 7.81. The topological polar surface area (TPSA) is 166 Å². The molecule has 154 valence electrons. The first-order chi connectivity index (χ1) is 14.4. The molecule has 0 aliphatic carbocycles. The van der Waals surface area contributed by atoms with Crippen molar-refractivity contribution >= 4 is 35.3 Å². The van der Waals surface area contributed by atoms with Crippen LogP contribution in [-0.4, -0.2) is 54.2 Å². The smallest absolute Gasteiger partial charge is 0.526 e. The Morgan fingerprint density at radius 3 is 2.97 bits per heavy atom. The van der Waals surface area contributed by atoms with Crippen LogP contribution < -0.4 is 10.4 Å². The Labute approximate surface area is 174 Å². The molecule has 0 spiro atoms. The van der Waals surface area contributed by atoms with Gasteiger partial charge in [0.1, 0.15) is 11.5 Å². The Morgan fingerprint density at radius 1 is 1.40 bits per heavy atom. The van der Waals surface area contributed by atoms with E-state index in [1.165, 1.54) is 22.1 Å². The number of nitrogens with zero attached hydrogens (tertiary/aromatic N) is 5. The van der Waals surface area contributed by atoms with Gasteiger partial charge in [-0.05, 0) is 28.5 Å². The van der Waals surface area contributed by atoms with Crippen molar-refractivity contribution in [2.45, 2.75) is 31.6 Å². The molecule has 4 rings (SSSR count). The zero-order chi connectivity index (χ0) is 21.3. The highest BCUT2D eigenvalue weighted by Gasteiger charge is 2.37. The molecular weight excluding hydrogens is 411 g/mol. The molecule has 1 aromatic carbocycles. The number of fused-ring (bicyclic) bond motifs is 1. The summed E-state index contributed by atoms with van der Waals surface area (Å²) in [6, 6.07) is 4.75. The molecule has 30 heavy (non-hydrogen) atoms. The Bertz CT molecular complexity index is 1100. The summed E-state index contributed by atoms with van der Waals surface area (Å²) in [6.45, 7) is 0.295. The van der Waals surface area contributed by atoms with Crippen LogP contribution in [0.4, 0.5) is 5.13 Å². The van der Waals surface area contributed by atoms with Crippen LogP contribution >= 0.6 is 11.3 Å². The van der Waals surface area contributed by atoms with Crippen molar-refractivity contribution in [1.82, 2.24) is 25.2 Å². The molecule has 4 N–H and O–H groups in total. The van der Waals surface area contributed by atoms with Gasteiger partial charge in [-0.2, -0.15) is 0 Å². The van der Waals surface area contributed by atoms with Crippen molar-refractivity contribution in [3.8, 4) is 5.75 Å². The highest BCUT2D eigenvalue weighted by Crippen LogP contribution is 2.36. The van der Waals surface area contributed by atoms with Gasteiger partial charge >= 0.3 is 13.1 Å². The van der Waals surface area contributed by atoms with E-state index in [0.29, 0.717) is 35.2 Å². The van der Waals surface area contributed by atoms with Crippen molar-refractivity contribution in [2.24, 2.45) is 0 Å². The maximum atomic E-state index is 12.6. The number of aromatic carboxylic acids is 1. The monoisotopic (exact) mass is 428 g/mol. The summed E-state index contributed by atoms with van der Waals surface area (Å²) in [4.78, 5) is 28.1. The van der Waals surface area contributed by atoms with Gasteiger partial charge in [0.2, 0.25) is 0 Å². The molecule has 3 aromatic rings. The fraction of sp³-hybridized carbons (Fsp3) is 0.294. The van der Waals surface area contributed by atoms with Gasteiger partial charge in [0.05, 0.1) is 24.2 Å². The van der Waals surface area contributed by atoms with Crippen LogP contribution in [0.25, 0.3) is 0 Å². The van der Waals surface area contributed by atoms with Gasteiger partial charge in [-0.15, -0.1) is 16.4 Å². The van der Waals surface area contributed by atoms with Crippen LogP contribution in [-0.2, 0) is 24.2 Å². The van der Waals surface area contributed by atoms with Gasteiger partial charge in [-0.25, -0.2) is 14.5 Å². The predicted molar refractivity (Wildman–Crippen MR) is 106 cm³/mol. The number of aromatic nitrogens is 5. The number of benzene rings is 1. The average Bonchev–Trinajstić information content (AvgIpc) is 3.30. The van der Waals surface area contributed by atoms with Crippen molar-refractivity contribution in [1.29, 1.82) is 0 Å². The molecule has 2 aromatic heterocycles. The summed E-state index contributed by atoms with van der Waals surface area (Å²) in [5.74, 6) is -1.28. The van der Waals surface area contributed by atoms with Crippen molar-refractivity contribution in [3.63, 3.8) is 0 Å². The zero-order valence-corrected chi connectivity index (χ0v) is 16.4. The first kappa shape index (κ1) is 20.0. The number of thiazole rings is 1. The SMILES string of the molecule is Nc1nc(Cn2nnnc2CC(=O)C[C@H]2Cc3cccc(C(=O)O)c3OB2O)cs1. The molecule has 0 saturated heterocycles. The normalized spacial score (nSPS) is 15.5. The van der Waals surface area contributed by atoms with Crippen LogP contribution in [0.3, 0.4) is 0 Å². The van der Waals surface area contributed by atoms with E-state index in [-0.39, 0.29) is 29.9 Å². The lowest BCUT2D eigenvalue weighted by Crippen LogP contribution is -2.36. The van der Waals surface area contributed by atoms with E-state index in [4.69, 9.17) is 10.4 Å². The van der Waals surface area contributed by atoms with E-state index in [0.717, 1.165) is 0 Å². The summed E-state index contributed by atoms with van der Waals surface area (Å²) >= 11 is 1.31.